The van der Waals surface area contributed by atoms with Crippen molar-refractivity contribution in [2.24, 2.45) is 0 Å². The predicted octanol–water partition coefficient (Wildman–Crippen LogP) is 0.214. The van der Waals surface area contributed by atoms with Gasteiger partial charge >= 0.3 is 5.69 Å². The van der Waals surface area contributed by atoms with E-state index in [0.717, 1.165) is 4.88 Å². The number of nitrogens with zero attached hydrogens (tertiary/aromatic N) is 1. The summed E-state index contributed by atoms with van der Waals surface area (Å²) in [5, 5.41) is 20.9. The number of H-pyrrole nitrogens is 1. The summed E-state index contributed by atoms with van der Waals surface area (Å²) in [4.78, 5) is 27.2. The molecule has 0 saturated carbocycles. The van der Waals surface area contributed by atoms with Gasteiger partial charge in [0.05, 0.1) is 23.3 Å². The van der Waals surface area contributed by atoms with Crippen LogP contribution >= 0.6 is 11.3 Å². The molecule has 1 aliphatic heterocycles. The summed E-state index contributed by atoms with van der Waals surface area (Å²) in [7, 11) is 0. The van der Waals surface area contributed by atoms with Crippen LogP contribution in [-0.4, -0.2) is 38.6 Å². The minimum absolute atomic E-state index is 0.176. The molecule has 3 N–H and O–H groups in total. The lowest BCUT2D eigenvalue weighted by molar-refractivity contribution is -0.0453. The summed E-state index contributed by atoms with van der Waals surface area (Å²) in [6, 6.07) is 3.65. The first-order chi connectivity index (χ1) is 10.5. The van der Waals surface area contributed by atoms with Crippen molar-refractivity contribution in [2.75, 3.05) is 6.61 Å². The van der Waals surface area contributed by atoms with Gasteiger partial charge in [0.1, 0.15) is 12.3 Å². The molecule has 3 atom stereocenters. The van der Waals surface area contributed by atoms with E-state index in [-0.39, 0.29) is 13.0 Å². The van der Waals surface area contributed by atoms with Crippen molar-refractivity contribution in [1.82, 2.24) is 9.55 Å². The van der Waals surface area contributed by atoms with Crippen LogP contribution in [0.25, 0.3) is 10.6 Å². The van der Waals surface area contributed by atoms with Gasteiger partial charge in [-0.05, 0) is 18.4 Å². The van der Waals surface area contributed by atoms with Gasteiger partial charge in [-0.2, -0.15) is 0 Å². The SMILES string of the molecule is Cc1c(-c2cccs2)n([C@H]2C[C@H](O)[C@@H](CO)O2)c(=O)[nH]c1=O. The molecule has 0 bridgehead atoms. The lowest BCUT2D eigenvalue weighted by Gasteiger charge is -2.19. The summed E-state index contributed by atoms with van der Waals surface area (Å²) in [5.74, 6) is 0. The van der Waals surface area contributed by atoms with Crippen molar-refractivity contribution < 1.29 is 14.9 Å². The summed E-state index contributed by atoms with van der Waals surface area (Å²) >= 11 is 1.41. The second kappa shape index (κ2) is 5.81. The Morgan fingerprint density at radius 1 is 1.50 bits per heavy atom. The van der Waals surface area contributed by atoms with Crippen molar-refractivity contribution in [3.63, 3.8) is 0 Å². The largest absolute Gasteiger partial charge is 0.394 e. The summed E-state index contributed by atoms with van der Waals surface area (Å²) in [5.41, 5.74) is -0.135. The molecule has 8 heteroatoms. The van der Waals surface area contributed by atoms with Gasteiger partial charge in [0.25, 0.3) is 5.56 Å². The van der Waals surface area contributed by atoms with E-state index in [4.69, 9.17) is 4.74 Å². The van der Waals surface area contributed by atoms with Crippen LogP contribution in [0.2, 0.25) is 0 Å². The molecule has 3 rings (SSSR count). The molecule has 0 amide bonds. The first kappa shape index (κ1) is 15.2. The highest BCUT2D eigenvalue weighted by atomic mass is 32.1. The number of thiophene rings is 1. The lowest BCUT2D eigenvalue weighted by Crippen LogP contribution is -2.35. The minimum atomic E-state index is -0.856. The third-order valence-electron chi connectivity index (χ3n) is 3.80. The van der Waals surface area contributed by atoms with E-state index in [9.17, 15) is 19.8 Å². The van der Waals surface area contributed by atoms with Crippen molar-refractivity contribution >= 4 is 11.3 Å². The number of aliphatic hydroxyl groups is 2. The fourth-order valence-electron chi connectivity index (χ4n) is 2.67. The molecule has 1 fully saturated rings. The van der Waals surface area contributed by atoms with E-state index in [2.05, 4.69) is 4.98 Å². The lowest BCUT2D eigenvalue weighted by atomic mass is 10.1. The number of rotatable bonds is 3. The molecule has 2 aromatic rings. The highest BCUT2D eigenvalue weighted by molar-refractivity contribution is 7.13. The Morgan fingerprint density at radius 3 is 2.86 bits per heavy atom. The summed E-state index contributed by atoms with van der Waals surface area (Å²) < 4.78 is 6.92. The van der Waals surface area contributed by atoms with E-state index < -0.39 is 29.7 Å². The standard InChI is InChI=1S/C14H16N2O5S/c1-7-12(10-3-2-4-22-10)16(14(20)15-13(7)19)11-5-8(18)9(6-17)21-11/h2-4,8-9,11,17-18H,5-6H2,1H3,(H,15,19,20)/t8-,9+,11+/m0/s1. The van der Waals surface area contributed by atoms with Gasteiger partial charge in [0.2, 0.25) is 0 Å². The molecule has 118 valence electrons. The van der Waals surface area contributed by atoms with Crippen LogP contribution in [0.1, 0.15) is 18.2 Å². The number of aromatic nitrogens is 2. The Morgan fingerprint density at radius 2 is 2.27 bits per heavy atom. The first-order valence-electron chi connectivity index (χ1n) is 6.86. The Balaban J connectivity index is 2.18. The van der Waals surface area contributed by atoms with Crippen LogP contribution in [0.5, 0.6) is 0 Å². The molecule has 0 spiro atoms. The Bertz CT molecular complexity index is 780. The number of ether oxygens (including phenoxy) is 1. The number of aliphatic hydroxyl groups excluding tert-OH is 2. The molecule has 0 aliphatic carbocycles. The van der Waals surface area contributed by atoms with Gasteiger partial charge in [-0.3, -0.25) is 14.3 Å². The molecule has 7 nitrogen and oxygen atoms in total. The summed E-state index contributed by atoms with van der Waals surface area (Å²) in [6.07, 6.45) is -2.15. The van der Waals surface area contributed by atoms with Crippen molar-refractivity contribution in [3.8, 4) is 10.6 Å². The minimum Gasteiger partial charge on any atom is -0.394 e. The number of hydrogen-bond donors (Lipinski definition) is 3. The van der Waals surface area contributed by atoms with E-state index in [1.54, 1.807) is 6.92 Å². The smallest absolute Gasteiger partial charge is 0.330 e. The van der Waals surface area contributed by atoms with Crippen LogP contribution in [0.15, 0.2) is 27.1 Å². The Kier molecular flexibility index (Phi) is 4.00. The zero-order valence-electron chi connectivity index (χ0n) is 11.9. The molecule has 22 heavy (non-hydrogen) atoms. The molecule has 0 aromatic carbocycles. The van der Waals surface area contributed by atoms with E-state index >= 15 is 0 Å². The van der Waals surface area contributed by atoms with Gasteiger partial charge < -0.3 is 14.9 Å². The molecule has 3 heterocycles. The van der Waals surface area contributed by atoms with E-state index in [1.165, 1.54) is 15.9 Å². The second-order valence-electron chi connectivity index (χ2n) is 5.19. The molecule has 0 unspecified atom stereocenters. The average molecular weight is 324 g/mol. The molecule has 0 radical (unpaired) electrons. The molecular formula is C14H16N2O5S. The maximum atomic E-state index is 12.3. The van der Waals surface area contributed by atoms with Gasteiger partial charge in [-0.1, -0.05) is 6.07 Å². The zero-order chi connectivity index (χ0) is 15.9. The quantitative estimate of drug-likeness (QED) is 0.749. The third kappa shape index (κ3) is 2.44. The van der Waals surface area contributed by atoms with Gasteiger partial charge in [0.15, 0.2) is 0 Å². The van der Waals surface area contributed by atoms with Crippen LogP contribution in [0.4, 0.5) is 0 Å². The average Bonchev–Trinajstić information content (AvgIpc) is 3.11. The molecule has 1 aliphatic rings. The topological polar surface area (TPSA) is 105 Å². The number of hydrogen-bond acceptors (Lipinski definition) is 6. The third-order valence-corrected chi connectivity index (χ3v) is 4.68. The van der Waals surface area contributed by atoms with Crippen molar-refractivity contribution in [2.45, 2.75) is 31.8 Å². The predicted molar refractivity (Wildman–Crippen MR) is 81.0 cm³/mol. The van der Waals surface area contributed by atoms with Crippen molar-refractivity contribution in [1.29, 1.82) is 0 Å². The first-order valence-corrected chi connectivity index (χ1v) is 7.74. The molecule has 2 aromatic heterocycles. The Labute approximate surface area is 129 Å². The zero-order valence-corrected chi connectivity index (χ0v) is 12.7. The molecular weight excluding hydrogens is 308 g/mol. The summed E-state index contributed by atoms with van der Waals surface area (Å²) in [6.45, 7) is 1.31. The fraction of sp³-hybridized carbons (Fsp3) is 0.429. The van der Waals surface area contributed by atoms with Crippen LogP contribution in [0, 0.1) is 6.92 Å². The highest BCUT2D eigenvalue weighted by Gasteiger charge is 2.36. The van der Waals surface area contributed by atoms with Crippen LogP contribution < -0.4 is 11.2 Å². The van der Waals surface area contributed by atoms with Crippen LogP contribution in [0.3, 0.4) is 0 Å². The number of nitrogens with one attached hydrogen (secondary N) is 1. The van der Waals surface area contributed by atoms with Gasteiger partial charge in [0, 0.05) is 12.0 Å². The maximum Gasteiger partial charge on any atom is 0.330 e. The Hall–Kier alpha value is -1.74. The van der Waals surface area contributed by atoms with E-state index in [0.29, 0.717) is 11.3 Å². The highest BCUT2D eigenvalue weighted by Crippen LogP contribution is 2.33. The van der Waals surface area contributed by atoms with Crippen LogP contribution in [-0.2, 0) is 4.74 Å². The fourth-order valence-corrected chi connectivity index (χ4v) is 3.49. The van der Waals surface area contributed by atoms with Gasteiger partial charge in [-0.25, -0.2) is 4.79 Å². The maximum absolute atomic E-state index is 12.3. The monoisotopic (exact) mass is 324 g/mol. The van der Waals surface area contributed by atoms with E-state index in [1.807, 2.05) is 17.5 Å². The number of aromatic amines is 1. The second-order valence-corrected chi connectivity index (χ2v) is 6.14. The van der Waals surface area contributed by atoms with Crippen molar-refractivity contribution in [3.05, 3.63) is 43.9 Å². The molecule has 1 saturated heterocycles. The van der Waals surface area contributed by atoms with Gasteiger partial charge in [-0.15, -0.1) is 11.3 Å². The normalized spacial score (nSPS) is 24.8.